The Morgan fingerprint density at radius 1 is 1.29 bits per heavy atom. The summed E-state index contributed by atoms with van der Waals surface area (Å²) in [6.45, 7) is 2.73. The van der Waals surface area contributed by atoms with Gasteiger partial charge in [0.15, 0.2) is 11.9 Å². The molecule has 1 aliphatic heterocycles. The molecule has 1 N–H and O–H groups in total. The monoisotopic (exact) mass is 288 g/mol. The molecule has 1 amide bonds. The van der Waals surface area contributed by atoms with Crippen molar-refractivity contribution >= 4 is 11.7 Å². The Morgan fingerprint density at radius 2 is 2.05 bits per heavy atom. The molecule has 0 spiro atoms. The van der Waals surface area contributed by atoms with Crippen molar-refractivity contribution in [2.45, 2.75) is 19.1 Å². The zero-order chi connectivity index (χ0) is 14.7. The van der Waals surface area contributed by atoms with Gasteiger partial charge in [0.2, 0.25) is 0 Å². The van der Waals surface area contributed by atoms with E-state index in [1.54, 1.807) is 0 Å². The third-order valence-corrected chi connectivity index (χ3v) is 3.18. The van der Waals surface area contributed by atoms with Crippen LogP contribution in [-0.4, -0.2) is 46.3 Å². The number of para-hydroxylation sites is 1. The number of hydrogen-bond acceptors (Lipinski definition) is 5. The summed E-state index contributed by atoms with van der Waals surface area (Å²) in [5.74, 6) is 0.104. The summed E-state index contributed by atoms with van der Waals surface area (Å²) in [6.07, 6.45) is 0.600. The highest BCUT2D eigenvalue weighted by atomic mass is 16.6. The van der Waals surface area contributed by atoms with Gasteiger partial charge in [-0.15, -0.1) is 9.90 Å². The lowest BCUT2D eigenvalue weighted by molar-refractivity contribution is -0.157. The average molecular weight is 288 g/mol. The molecule has 110 valence electrons. The minimum absolute atomic E-state index is 0.275. The number of ether oxygens (including phenoxy) is 2. The highest BCUT2D eigenvalue weighted by molar-refractivity contribution is 5.93. The van der Waals surface area contributed by atoms with Crippen molar-refractivity contribution in [1.82, 2.24) is 15.0 Å². The fourth-order valence-electron chi connectivity index (χ4n) is 2.12. The second-order valence-corrected chi connectivity index (χ2v) is 4.71. The molecular weight excluding hydrogens is 272 g/mol. The molecule has 0 radical (unpaired) electrons. The molecule has 1 aliphatic rings. The summed E-state index contributed by atoms with van der Waals surface area (Å²) >= 11 is 0. The van der Waals surface area contributed by atoms with Crippen molar-refractivity contribution in [3.05, 3.63) is 36.5 Å². The molecule has 1 aromatic carbocycles. The van der Waals surface area contributed by atoms with Crippen molar-refractivity contribution < 1.29 is 14.3 Å². The molecule has 2 aromatic rings. The van der Waals surface area contributed by atoms with Gasteiger partial charge in [0.1, 0.15) is 0 Å². The number of nitrogens with one attached hydrogen (secondary N) is 1. The first-order chi connectivity index (χ1) is 10.2. The van der Waals surface area contributed by atoms with Gasteiger partial charge in [0.05, 0.1) is 31.2 Å². The zero-order valence-electron chi connectivity index (χ0n) is 11.6. The minimum Gasteiger partial charge on any atom is -0.373 e. The predicted molar refractivity (Wildman–Crippen MR) is 75.1 cm³/mol. The molecule has 1 saturated heterocycles. The maximum absolute atomic E-state index is 12.1. The topological polar surface area (TPSA) is 78.3 Å². The fraction of sp³-hybridized carbons (Fsp3) is 0.357. The molecule has 0 unspecified atom stereocenters. The number of carbonyl (C=O) groups excluding carboxylic acids is 1. The van der Waals surface area contributed by atoms with Gasteiger partial charge in [-0.1, -0.05) is 18.2 Å². The molecule has 2 atom stereocenters. The maximum atomic E-state index is 12.1. The number of nitrogens with zero attached hydrogens (tertiary/aromatic N) is 3. The lowest BCUT2D eigenvalue weighted by Crippen LogP contribution is -2.44. The maximum Gasteiger partial charge on any atom is 0.257 e. The Hall–Kier alpha value is -2.25. The van der Waals surface area contributed by atoms with Crippen LogP contribution in [0.5, 0.6) is 0 Å². The van der Waals surface area contributed by atoms with E-state index in [9.17, 15) is 4.79 Å². The number of rotatable bonds is 3. The smallest absolute Gasteiger partial charge is 0.257 e. The third-order valence-electron chi connectivity index (χ3n) is 3.18. The van der Waals surface area contributed by atoms with Crippen LogP contribution in [0.2, 0.25) is 0 Å². The van der Waals surface area contributed by atoms with E-state index in [2.05, 4.69) is 15.5 Å². The van der Waals surface area contributed by atoms with Gasteiger partial charge in [0, 0.05) is 0 Å². The lowest BCUT2D eigenvalue weighted by Gasteiger charge is -2.27. The largest absolute Gasteiger partial charge is 0.373 e. The minimum atomic E-state index is -0.624. The van der Waals surface area contributed by atoms with Crippen LogP contribution in [0.1, 0.15) is 6.92 Å². The van der Waals surface area contributed by atoms with Crippen LogP contribution < -0.4 is 5.32 Å². The second kappa shape index (κ2) is 6.02. The molecule has 1 aromatic heterocycles. The number of aromatic nitrogens is 3. The standard InChI is InChI=1S/C14H16N4O3/c1-10-13(21-8-7-20-10)14(19)16-12-9-15-18(17-12)11-5-3-2-4-6-11/h2-6,9-10,13H,7-8H2,1H3,(H,16,17,19)/t10-,13-/m0/s1. The number of amides is 1. The van der Waals surface area contributed by atoms with Gasteiger partial charge in [-0.2, -0.15) is 5.10 Å². The molecule has 3 rings (SSSR count). The second-order valence-electron chi connectivity index (χ2n) is 4.71. The van der Waals surface area contributed by atoms with Gasteiger partial charge >= 0.3 is 0 Å². The van der Waals surface area contributed by atoms with E-state index in [-0.39, 0.29) is 12.0 Å². The van der Waals surface area contributed by atoms with Gasteiger partial charge < -0.3 is 14.8 Å². The number of carbonyl (C=O) groups is 1. The molecule has 7 nitrogen and oxygen atoms in total. The van der Waals surface area contributed by atoms with E-state index in [0.29, 0.717) is 19.0 Å². The van der Waals surface area contributed by atoms with E-state index in [4.69, 9.17) is 9.47 Å². The van der Waals surface area contributed by atoms with E-state index >= 15 is 0 Å². The van der Waals surface area contributed by atoms with Crippen LogP contribution in [0.25, 0.3) is 5.69 Å². The number of benzene rings is 1. The van der Waals surface area contributed by atoms with E-state index in [0.717, 1.165) is 5.69 Å². The summed E-state index contributed by atoms with van der Waals surface area (Å²) in [6, 6.07) is 9.46. The molecule has 1 fully saturated rings. The van der Waals surface area contributed by atoms with Gasteiger partial charge in [0.25, 0.3) is 5.91 Å². The molecule has 21 heavy (non-hydrogen) atoms. The van der Waals surface area contributed by atoms with Crippen molar-refractivity contribution in [3.63, 3.8) is 0 Å². The first-order valence-electron chi connectivity index (χ1n) is 6.76. The fourth-order valence-corrected chi connectivity index (χ4v) is 2.12. The van der Waals surface area contributed by atoms with Crippen molar-refractivity contribution in [2.75, 3.05) is 18.5 Å². The van der Waals surface area contributed by atoms with Gasteiger partial charge in [-0.25, -0.2) is 0 Å². The van der Waals surface area contributed by atoms with Crippen molar-refractivity contribution in [3.8, 4) is 5.69 Å². The van der Waals surface area contributed by atoms with Gasteiger partial charge in [-0.05, 0) is 19.1 Å². The Morgan fingerprint density at radius 3 is 2.81 bits per heavy atom. The highest BCUT2D eigenvalue weighted by Gasteiger charge is 2.30. The SMILES string of the molecule is C[C@@H]1OCCO[C@@H]1C(=O)Nc1cnn(-c2ccccc2)n1. The van der Waals surface area contributed by atoms with Crippen LogP contribution in [0, 0.1) is 0 Å². The summed E-state index contributed by atoms with van der Waals surface area (Å²) in [7, 11) is 0. The normalized spacial score (nSPS) is 22.0. The third kappa shape index (κ3) is 3.09. The van der Waals surface area contributed by atoms with Crippen molar-refractivity contribution in [2.24, 2.45) is 0 Å². The molecular formula is C14H16N4O3. The predicted octanol–water partition coefficient (Wildman–Crippen LogP) is 1.01. The molecule has 0 saturated carbocycles. The summed E-state index contributed by atoms with van der Waals surface area (Å²) in [5.41, 5.74) is 0.823. The Balaban J connectivity index is 1.68. The van der Waals surface area contributed by atoms with Crippen LogP contribution in [0.4, 0.5) is 5.82 Å². The first kappa shape index (κ1) is 13.7. The zero-order valence-corrected chi connectivity index (χ0v) is 11.6. The molecule has 2 heterocycles. The highest BCUT2D eigenvalue weighted by Crippen LogP contribution is 2.13. The van der Waals surface area contributed by atoms with Crippen LogP contribution >= 0.6 is 0 Å². The summed E-state index contributed by atoms with van der Waals surface area (Å²) in [5, 5.41) is 11.0. The van der Waals surface area contributed by atoms with E-state index in [1.165, 1.54) is 11.0 Å². The number of anilines is 1. The van der Waals surface area contributed by atoms with Gasteiger partial charge in [-0.3, -0.25) is 4.79 Å². The van der Waals surface area contributed by atoms with E-state index < -0.39 is 6.10 Å². The van der Waals surface area contributed by atoms with E-state index in [1.807, 2.05) is 37.3 Å². The summed E-state index contributed by atoms with van der Waals surface area (Å²) in [4.78, 5) is 13.6. The molecule has 0 bridgehead atoms. The molecule has 7 heteroatoms. The quantitative estimate of drug-likeness (QED) is 0.912. The van der Waals surface area contributed by atoms with Crippen molar-refractivity contribution in [1.29, 1.82) is 0 Å². The Kier molecular flexibility index (Phi) is 3.94. The van der Waals surface area contributed by atoms with Crippen LogP contribution in [-0.2, 0) is 14.3 Å². The van der Waals surface area contributed by atoms with Crippen LogP contribution in [0.3, 0.4) is 0 Å². The lowest BCUT2D eigenvalue weighted by atomic mass is 10.2. The van der Waals surface area contributed by atoms with Crippen LogP contribution in [0.15, 0.2) is 36.5 Å². The Labute approximate surface area is 121 Å². The molecule has 0 aliphatic carbocycles. The summed E-state index contributed by atoms with van der Waals surface area (Å²) < 4.78 is 10.8. The number of hydrogen-bond donors (Lipinski definition) is 1. The first-order valence-corrected chi connectivity index (χ1v) is 6.76. The Bertz CT molecular complexity index is 614. The average Bonchev–Trinajstić information content (AvgIpc) is 2.97.